The van der Waals surface area contributed by atoms with Gasteiger partial charge >= 0.3 is 0 Å². The molecule has 5 aromatic rings. The highest BCUT2D eigenvalue weighted by molar-refractivity contribution is 6.99. The monoisotopic (exact) mass is 465 g/mol. The van der Waals surface area contributed by atoms with Crippen molar-refractivity contribution in [1.29, 1.82) is 0 Å². The van der Waals surface area contributed by atoms with Crippen molar-refractivity contribution in [1.82, 2.24) is 4.98 Å². The van der Waals surface area contributed by atoms with Gasteiger partial charge in [-0.1, -0.05) is 117 Å². The van der Waals surface area contributed by atoms with Crippen LogP contribution in [-0.4, -0.2) is 11.7 Å². The van der Waals surface area contributed by atoms with E-state index in [4.69, 9.17) is 4.98 Å². The van der Waals surface area contributed by atoms with Gasteiger partial charge in [0.2, 0.25) is 6.71 Å². The van der Waals surface area contributed by atoms with Gasteiger partial charge in [-0.15, -0.1) is 0 Å². The lowest BCUT2D eigenvalue weighted by atomic mass is 9.36. The summed E-state index contributed by atoms with van der Waals surface area (Å²) < 4.78 is 0. The molecule has 0 radical (unpaired) electrons. The fourth-order valence-corrected chi connectivity index (χ4v) is 6.28. The van der Waals surface area contributed by atoms with E-state index in [1.54, 1.807) is 0 Å². The van der Waals surface area contributed by atoms with E-state index in [0.717, 1.165) is 5.69 Å². The van der Waals surface area contributed by atoms with Crippen molar-refractivity contribution in [3.05, 3.63) is 108 Å². The Morgan fingerprint density at radius 2 is 1.39 bits per heavy atom. The molecule has 0 N–H and O–H groups in total. The molecule has 0 saturated heterocycles. The average molecular weight is 465 g/mol. The highest BCUT2D eigenvalue weighted by Gasteiger charge is 2.38. The third-order valence-corrected chi connectivity index (χ3v) is 7.87. The molecule has 1 aliphatic heterocycles. The molecule has 2 heteroatoms. The molecule has 0 spiro atoms. The Hall–Kier alpha value is -3.65. The van der Waals surface area contributed by atoms with Crippen molar-refractivity contribution < 1.29 is 0 Å². The molecule has 36 heavy (non-hydrogen) atoms. The van der Waals surface area contributed by atoms with Crippen LogP contribution in [0.4, 0.5) is 0 Å². The molecule has 1 nitrogen and oxygen atoms in total. The van der Waals surface area contributed by atoms with E-state index in [9.17, 15) is 0 Å². The fourth-order valence-electron chi connectivity index (χ4n) is 6.28. The largest absolute Gasteiger partial charge is 0.257 e. The highest BCUT2D eigenvalue weighted by atomic mass is 14.7. The molecular weight excluding hydrogens is 433 g/mol. The lowest BCUT2D eigenvalue weighted by molar-refractivity contribution is 0.845. The van der Waals surface area contributed by atoms with Crippen LogP contribution in [0, 0.1) is 6.92 Å². The van der Waals surface area contributed by atoms with Gasteiger partial charge in [-0.3, -0.25) is 4.98 Å². The van der Waals surface area contributed by atoms with Crippen molar-refractivity contribution in [3.63, 3.8) is 0 Å². The Kier molecular flexibility index (Phi) is 5.56. The zero-order valence-corrected chi connectivity index (χ0v) is 21.8. The first-order valence-electron chi connectivity index (χ1n) is 13.2. The van der Waals surface area contributed by atoms with Crippen LogP contribution in [0.25, 0.3) is 33.2 Å². The molecule has 4 aromatic carbocycles. The highest BCUT2D eigenvalue weighted by Crippen LogP contribution is 2.34. The number of benzene rings is 4. The second-order valence-corrected chi connectivity index (χ2v) is 10.8. The van der Waals surface area contributed by atoms with E-state index in [0.29, 0.717) is 11.8 Å². The average Bonchev–Trinajstić information content (AvgIpc) is 3.22. The summed E-state index contributed by atoms with van der Waals surface area (Å²) in [7, 11) is 0. The van der Waals surface area contributed by atoms with Crippen LogP contribution in [0.1, 0.15) is 56.2 Å². The summed E-state index contributed by atoms with van der Waals surface area (Å²) in [5, 5.41) is 2.58. The molecule has 0 aliphatic carbocycles. The van der Waals surface area contributed by atoms with Crippen molar-refractivity contribution in [3.8, 4) is 22.4 Å². The van der Waals surface area contributed by atoms with Crippen molar-refractivity contribution in [2.24, 2.45) is 0 Å². The summed E-state index contributed by atoms with van der Waals surface area (Å²) >= 11 is 0. The second-order valence-electron chi connectivity index (χ2n) is 10.8. The van der Waals surface area contributed by atoms with Crippen molar-refractivity contribution >= 4 is 33.9 Å². The van der Waals surface area contributed by atoms with Gasteiger partial charge in [-0.2, -0.15) is 0 Å². The van der Waals surface area contributed by atoms with Gasteiger partial charge in [0, 0.05) is 6.20 Å². The predicted octanol–water partition coefficient (Wildman–Crippen LogP) is 6.95. The summed E-state index contributed by atoms with van der Waals surface area (Å²) in [5.74, 6) is 0.899. The van der Waals surface area contributed by atoms with Gasteiger partial charge in [-0.05, 0) is 74.4 Å². The third-order valence-electron chi connectivity index (χ3n) is 7.87. The number of nitrogens with zero attached hydrogens (tertiary/aromatic N) is 1. The predicted molar refractivity (Wildman–Crippen MR) is 157 cm³/mol. The Morgan fingerprint density at radius 1 is 0.694 bits per heavy atom. The minimum absolute atomic E-state index is 0.188. The maximum atomic E-state index is 4.94. The zero-order valence-electron chi connectivity index (χ0n) is 21.8. The number of fused-ring (bicyclic) bond motifs is 4. The third kappa shape index (κ3) is 3.51. The Balaban J connectivity index is 1.67. The van der Waals surface area contributed by atoms with Gasteiger partial charge in [0.15, 0.2) is 0 Å². The lowest BCUT2D eigenvalue weighted by Gasteiger charge is -2.24. The Bertz CT molecular complexity index is 1580. The number of hydrogen-bond acceptors (Lipinski definition) is 1. The van der Waals surface area contributed by atoms with Gasteiger partial charge in [-0.25, -0.2) is 0 Å². The molecule has 1 aromatic heterocycles. The van der Waals surface area contributed by atoms with Crippen LogP contribution in [0.15, 0.2) is 91.1 Å². The molecule has 0 saturated carbocycles. The lowest BCUT2D eigenvalue weighted by Crippen LogP contribution is -2.52. The molecule has 2 heterocycles. The van der Waals surface area contributed by atoms with E-state index < -0.39 is 0 Å². The summed E-state index contributed by atoms with van der Waals surface area (Å²) in [5.41, 5.74) is 13.4. The smallest absolute Gasteiger partial charge is 0.245 e. The number of aromatic nitrogens is 1. The Labute approximate surface area is 215 Å². The summed E-state index contributed by atoms with van der Waals surface area (Å²) in [4.78, 5) is 4.94. The maximum Gasteiger partial charge on any atom is 0.245 e. The maximum absolute atomic E-state index is 4.94. The number of aryl methyl sites for hydroxylation is 1. The number of pyridine rings is 1. The standard InChI is InChI=1S/C34H32BN/c1-21(2)26-14-9-15-27(22(3)4)33(26)35-30-17-10-18-36-34(30)32-23(5)19-25(20-31(32)35)29-16-8-12-24-11-6-7-13-28(24)29/h6-22H,1-5H3. The van der Waals surface area contributed by atoms with Crippen LogP contribution in [0.3, 0.4) is 0 Å². The van der Waals surface area contributed by atoms with Crippen molar-refractivity contribution in [2.75, 3.05) is 0 Å². The topological polar surface area (TPSA) is 12.9 Å². The van der Waals surface area contributed by atoms with E-state index in [-0.39, 0.29) is 6.71 Å². The van der Waals surface area contributed by atoms with E-state index in [1.807, 2.05) is 6.20 Å². The summed E-state index contributed by atoms with van der Waals surface area (Å²) in [6.07, 6.45) is 1.95. The van der Waals surface area contributed by atoms with Gasteiger partial charge in [0.25, 0.3) is 0 Å². The van der Waals surface area contributed by atoms with Gasteiger partial charge in [0.05, 0.1) is 5.69 Å². The molecule has 6 rings (SSSR count). The SMILES string of the molecule is Cc1cc(-c2cccc3ccccc23)cc2c1-c1ncccc1B2c1c(C(C)C)cccc1C(C)C. The fraction of sp³-hybridized carbons (Fsp3) is 0.206. The molecular formula is C34H32BN. The van der Waals surface area contributed by atoms with Gasteiger partial charge in [0.1, 0.15) is 0 Å². The summed E-state index contributed by atoms with van der Waals surface area (Å²) in [6, 6.07) is 31.5. The Morgan fingerprint density at radius 3 is 2.14 bits per heavy atom. The molecule has 0 unspecified atom stereocenters. The first-order valence-corrected chi connectivity index (χ1v) is 13.2. The molecule has 0 amide bonds. The number of rotatable bonds is 4. The molecule has 0 bridgehead atoms. The molecule has 1 aliphatic rings. The molecule has 0 atom stereocenters. The quantitative estimate of drug-likeness (QED) is 0.257. The normalized spacial score (nSPS) is 12.5. The van der Waals surface area contributed by atoms with E-state index in [1.165, 1.54) is 60.5 Å². The summed E-state index contributed by atoms with van der Waals surface area (Å²) in [6.45, 7) is 11.7. The van der Waals surface area contributed by atoms with Gasteiger partial charge < -0.3 is 0 Å². The number of hydrogen-bond donors (Lipinski definition) is 0. The molecule has 176 valence electrons. The van der Waals surface area contributed by atoms with Crippen LogP contribution >= 0.6 is 0 Å². The first-order chi connectivity index (χ1) is 17.5. The molecule has 0 fully saturated rings. The first kappa shape index (κ1) is 22.8. The minimum Gasteiger partial charge on any atom is -0.257 e. The van der Waals surface area contributed by atoms with Crippen LogP contribution in [-0.2, 0) is 0 Å². The van der Waals surface area contributed by atoms with E-state index >= 15 is 0 Å². The van der Waals surface area contributed by atoms with E-state index in [2.05, 4.69) is 120 Å². The van der Waals surface area contributed by atoms with Crippen LogP contribution < -0.4 is 16.4 Å². The van der Waals surface area contributed by atoms with Crippen LogP contribution in [0.2, 0.25) is 0 Å². The van der Waals surface area contributed by atoms with Crippen LogP contribution in [0.5, 0.6) is 0 Å². The zero-order chi connectivity index (χ0) is 25.0. The van der Waals surface area contributed by atoms with Crippen molar-refractivity contribution in [2.45, 2.75) is 46.5 Å². The minimum atomic E-state index is 0.188. The second kappa shape index (κ2) is 8.78.